The van der Waals surface area contributed by atoms with Gasteiger partial charge in [-0.2, -0.15) is 0 Å². The van der Waals surface area contributed by atoms with Crippen molar-refractivity contribution in [2.45, 2.75) is 110 Å². The Kier molecular flexibility index (Phi) is 16.5. The lowest BCUT2D eigenvalue weighted by atomic mass is 10.1. The van der Waals surface area contributed by atoms with E-state index in [1.165, 1.54) is 76.8 Å². The topological polar surface area (TPSA) is 15.7 Å². The summed E-state index contributed by atoms with van der Waals surface area (Å²) >= 11 is 0. The lowest BCUT2D eigenvalue weighted by Crippen LogP contribution is -2.51. The normalized spacial score (nSPS) is 12.7. The molecule has 0 aromatic heterocycles. The monoisotopic (exact) mass is 398 g/mol. The van der Waals surface area contributed by atoms with Crippen molar-refractivity contribution >= 4 is 19.3 Å². The number of rotatable bonds is 17. The molecule has 0 unspecified atom stereocenters. The molecular weight excluding hydrogens is 352 g/mol. The first-order valence-corrected chi connectivity index (χ1v) is 13.4. The van der Waals surface area contributed by atoms with Gasteiger partial charge in [-0.3, -0.25) is 9.80 Å². The van der Waals surface area contributed by atoms with E-state index in [2.05, 4.69) is 58.3 Å². The Morgan fingerprint density at radius 1 is 0.692 bits per heavy atom. The summed E-state index contributed by atoms with van der Waals surface area (Å²) in [5.41, 5.74) is 0.0351. The molecule has 0 bridgehead atoms. The summed E-state index contributed by atoms with van der Waals surface area (Å²) < 4.78 is 5.81. The van der Waals surface area contributed by atoms with Crippen molar-refractivity contribution in [1.29, 1.82) is 0 Å². The molecule has 0 aliphatic carbocycles. The van der Waals surface area contributed by atoms with Crippen molar-refractivity contribution in [2.24, 2.45) is 0 Å². The van der Waals surface area contributed by atoms with Crippen LogP contribution in [0.15, 0.2) is 0 Å². The zero-order chi connectivity index (χ0) is 19.8. The second-order valence-corrected chi connectivity index (χ2v) is 10.4. The summed E-state index contributed by atoms with van der Waals surface area (Å²) in [6, 6.07) is 2.65. The average Bonchev–Trinajstić information content (AvgIpc) is 2.60. The molecule has 0 aromatic carbocycles. The minimum Gasteiger partial charge on any atom is -0.413 e. The summed E-state index contributed by atoms with van der Waals surface area (Å²) in [4.78, 5) is 5.29. The third-order valence-electron chi connectivity index (χ3n) is 4.73. The molecular formula is C21H46N2OSi2. The molecule has 0 atom stereocenters. The molecule has 154 valence electrons. The van der Waals surface area contributed by atoms with Crippen molar-refractivity contribution in [2.75, 3.05) is 26.2 Å². The molecule has 0 saturated carbocycles. The molecule has 0 spiro atoms. The molecule has 3 nitrogen and oxygen atoms in total. The van der Waals surface area contributed by atoms with Gasteiger partial charge in [-0.05, 0) is 53.0 Å². The Hall–Kier alpha value is 0.314. The van der Waals surface area contributed by atoms with Gasteiger partial charge in [0.1, 0.15) is 0 Å². The molecule has 0 rings (SSSR count). The zero-order valence-corrected chi connectivity index (χ0v) is 20.9. The first kappa shape index (κ1) is 26.3. The number of unbranched alkanes of at least 4 members (excludes halogenated alkanes) is 5. The Morgan fingerprint density at radius 3 is 1.54 bits per heavy atom. The molecule has 0 amide bonds. The van der Waals surface area contributed by atoms with Gasteiger partial charge in [0.05, 0.1) is 9.52 Å². The first-order valence-electron chi connectivity index (χ1n) is 11.0. The van der Waals surface area contributed by atoms with E-state index in [1.54, 1.807) is 0 Å². The third kappa shape index (κ3) is 13.5. The zero-order valence-electron chi connectivity index (χ0n) is 18.9. The van der Waals surface area contributed by atoms with Crippen LogP contribution in [0.2, 0.25) is 12.1 Å². The van der Waals surface area contributed by atoms with Gasteiger partial charge in [-0.25, -0.2) is 0 Å². The van der Waals surface area contributed by atoms with E-state index >= 15 is 0 Å². The number of hydrogen-bond donors (Lipinski definition) is 0. The second kappa shape index (κ2) is 16.3. The van der Waals surface area contributed by atoms with Gasteiger partial charge in [-0.1, -0.05) is 72.3 Å². The standard InChI is InChI=1S/C21H46N2OSi2/c1-8-22(9-2)20(23(10-3)11-4)25-18-16-14-12-13-15-17-19-26-24-21(5,6)7/h20H,8-19H2,1-7H3. The highest BCUT2D eigenvalue weighted by atomic mass is 28.2. The molecule has 0 N–H and O–H groups in total. The Morgan fingerprint density at radius 2 is 1.12 bits per heavy atom. The molecule has 0 heterocycles. The summed E-state index contributed by atoms with van der Waals surface area (Å²) in [5.74, 6) is 0.670. The van der Waals surface area contributed by atoms with E-state index < -0.39 is 0 Å². The van der Waals surface area contributed by atoms with Crippen molar-refractivity contribution in [3.8, 4) is 0 Å². The van der Waals surface area contributed by atoms with Crippen LogP contribution < -0.4 is 0 Å². The van der Waals surface area contributed by atoms with Crippen LogP contribution in [0.4, 0.5) is 0 Å². The SMILES string of the molecule is CCN(CC)C([Si]CCCCCCCC[Si]OC(C)(C)C)N(CC)CC. The van der Waals surface area contributed by atoms with Gasteiger partial charge >= 0.3 is 0 Å². The van der Waals surface area contributed by atoms with E-state index in [4.69, 9.17) is 4.43 Å². The van der Waals surface area contributed by atoms with Crippen molar-refractivity contribution < 1.29 is 4.43 Å². The van der Waals surface area contributed by atoms with Crippen molar-refractivity contribution in [1.82, 2.24) is 9.80 Å². The van der Waals surface area contributed by atoms with Crippen LogP contribution in [0.1, 0.15) is 87.0 Å². The third-order valence-corrected chi connectivity index (χ3v) is 7.78. The summed E-state index contributed by atoms with van der Waals surface area (Å²) in [6.45, 7) is 20.3. The average molecular weight is 399 g/mol. The van der Waals surface area contributed by atoms with Gasteiger partial charge in [0.25, 0.3) is 0 Å². The lowest BCUT2D eigenvalue weighted by molar-refractivity contribution is 0.114. The van der Waals surface area contributed by atoms with Crippen molar-refractivity contribution in [3.63, 3.8) is 0 Å². The minimum absolute atomic E-state index is 0.0351. The van der Waals surface area contributed by atoms with Gasteiger partial charge in [0.2, 0.25) is 9.76 Å². The lowest BCUT2D eigenvalue weighted by Gasteiger charge is -2.38. The summed E-state index contributed by atoms with van der Waals surface area (Å²) in [6.07, 6.45) is 8.35. The molecule has 0 aliphatic heterocycles. The number of nitrogens with zero attached hydrogens (tertiary/aromatic N) is 2. The van der Waals surface area contributed by atoms with Crippen LogP contribution in [0.25, 0.3) is 0 Å². The van der Waals surface area contributed by atoms with Crippen LogP contribution in [0, 0.1) is 0 Å². The predicted molar refractivity (Wildman–Crippen MR) is 119 cm³/mol. The molecule has 0 aromatic rings. The van der Waals surface area contributed by atoms with Crippen molar-refractivity contribution in [3.05, 3.63) is 0 Å². The Balaban J connectivity index is 3.75. The van der Waals surface area contributed by atoms with E-state index in [-0.39, 0.29) is 5.60 Å². The highest BCUT2D eigenvalue weighted by Gasteiger charge is 2.21. The fourth-order valence-electron chi connectivity index (χ4n) is 3.16. The smallest absolute Gasteiger partial charge is 0.230 e. The minimum atomic E-state index is 0.0351. The van der Waals surface area contributed by atoms with E-state index in [0.29, 0.717) is 15.6 Å². The maximum Gasteiger partial charge on any atom is 0.230 e. The predicted octanol–water partition coefficient (Wildman–Crippen LogP) is 5.27. The molecule has 0 fully saturated rings. The molecule has 0 saturated heterocycles. The Bertz CT molecular complexity index is 291. The molecule has 5 heteroatoms. The highest BCUT2D eigenvalue weighted by Crippen LogP contribution is 2.13. The maximum absolute atomic E-state index is 5.81. The fourth-order valence-corrected chi connectivity index (χ4v) is 6.04. The Labute approximate surface area is 170 Å². The largest absolute Gasteiger partial charge is 0.413 e. The van der Waals surface area contributed by atoms with Gasteiger partial charge in [0.15, 0.2) is 0 Å². The van der Waals surface area contributed by atoms with Gasteiger partial charge in [-0.15, -0.1) is 0 Å². The van der Waals surface area contributed by atoms with Crippen LogP contribution in [-0.2, 0) is 4.43 Å². The van der Waals surface area contributed by atoms with Gasteiger partial charge < -0.3 is 4.43 Å². The maximum atomic E-state index is 5.81. The molecule has 0 aliphatic rings. The van der Waals surface area contributed by atoms with Crippen LogP contribution in [0.5, 0.6) is 0 Å². The van der Waals surface area contributed by atoms with E-state index in [9.17, 15) is 0 Å². The molecule has 4 radical (unpaired) electrons. The molecule has 26 heavy (non-hydrogen) atoms. The van der Waals surface area contributed by atoms with Crippen LogP contribution in [0.3, 0.4) is 0 Å². The fraction of sp³-hybridized carbons (Fsp3) is 1.00. The van der Waals surface area contributed by atoms with Crippen LogP contribution in [-0.4, -0.2) is 66.7 Å². The van der Waals surface area contributed by atoms with E-state index in [1.807, 2.05) is 0 Å². The van der Waals surface area contributed by atoms with Crippen LogP contribution >= 0.6 is 0 Å². The highest BCUT2D eigenvalue weighted by molar-refractivity contribution is 6.37. The first-order chi connectivity index (χ1) is 12.4. The summed E-state index contributed by atoms with van der Waals surface area (Å²) in [7, 11) is 1.73. The van der Waals surface area contributed by atoms with E-state index in [0.717, 1.165) is 9.52 Å². The second-order valence-electron chi connectivity index (χ2n) is 8.00. The summed E-state index contributed by atoms with van der Waals surface area (Å²) in [5, 5.41) is 0. The van der Waals surface area contributed by atoms with Gasteiger partial charge in [0, 0.05) is 11.4 Å². The number of hydrogen-bond acceptors (Lipinski definition) is 3. The quantitative estimate of drug-likeness (QED) is 0.189.